The lowest BCUT2D eigenvalue weighted by Gasteiger charge is -2.22. The van der Waals surface area contributed by atoms with E-state index >= 15 is 0 Å². The van der Waals surface area contributed by atoms with Crippen molar-refractivity contribution in [2.24, 2.45) is 5.18 Å². The number of nitrogens with zero attached hydrogens (tertiary/aromatic N) is 2. The number of hydrogen-bond acceptors (Lipinski definition) is 9. The van der Waals surface area contributed by atoms with E-state index in [2.05, 4.69) is 10.1 Å². The maximum absolute atomic E-state index is 9.89. The fourth-order valence-corrected chi connectivity index (χ4v) is 1.97. The molecule has 0 heterocycles. The molecule has 0 rings (SSSR count). The first-order chi connectivity index (χ1) is 12.3. The first-order valence-electron chi connectivity index (χ1n) is 8.77. The van der Waals surface area contributed by atoms with Crippen molar-refractivity contribution in [1.29, 1.82) is 0 Å². The lowest BCUT2D eigenvalue weighted by molar-refractivity contribution is 0.0176. The molecule has 0 aliphatic heterocycles. The van der Waals surface area contributed by atoms with E-state index in [1.165, 1.54) is 0 Å². The Hall–Kier alpha value is -0.680. The zero-order valence-corrected chi connectivity index (χ0v) is 15.4. The van der Waals surface area contributed by atoms with Gasteiger partial charge in [0.05, 0.1) is 59.5 Å². The molecule has 0 spiro atoms. The zero-order valence-electron chi connectivity index (χ0n) is 15.4. The molecule has 0 aliphatic carbocycles. The topological polar surface area (TPSA) is 99.1 Å². The first-order valence-corrected chi connectivity index (χ1v) is 8.77. The van der Waals surface area contributed by atoms with Crippen LogP contribution in [0.5, 0.6) is 0 Å². The van der Waals surface area contributed by atoms with Gasteiger partial charge in [-0.1, -0.05) is 5.18 Å². The van der Waals surface area contributed by atoms with Crippen LogP contribution in [-0.4, -0.2) is 109 Å². The minimum Gasteiger partial charge on any atom is -0.394 e. The van der Waals surface area contributed by atoms with Crippen LogP contribution in [0.15, 0.2) is 5.18 Å². The number of rotatable bonds is 21. The van der Waals surface area contributed by atoms with Crippen LogP contribution in [0.25, 0.3) is 0 Å². The molecule has 0 atom stereocenters. The predicted octanol–water partition coefficient (Wildman–Crippen LogP) is 0.150. The van der Waals surface area contributed by atoms with Gasteiger partial charge in [-0.3, -0.25) is 4.90 Å². The number of nitroso groups, excluding NO2 is 1. The molecular formula is C16H34N2O7. The van der Waals surface area contributed by atoms with E-state index in [9.17, 15) is 4.91 Å². The number of methoxy groups -OCH3 is 1. The summed E-state index contributed by atoms with van der Waals surface area (Å²) < 4.78 is 26.5. The van der Waals surface area contributed by atoms with Gasteiger partial charge in [-0.05, 0) is 6.42 Å². The van der Waals surface area contributed by atoms with E-state index in [1.807, 2.05) is 0 Å². The monoisotopic (exact) mass is 366 g/mol. The molecule has 25 heavy (non-hydrogen) atoms. The van der Waals surface area contributed by atoms with E-state index in [4.69, 9.17) is 28.8 Å². The molecule has 0 unspecified atom stereocenters. The number of ether oxygens (including phenoxy) is 5. The summed E-state index contributed by atoms with van der Waals surface area (Å²) in [6.07, 6.45) is 0.956. The molecule has 0 aliphatic rings. The van der Waals surface area contributed by atoms with Crippen LogP contribution in [0.1, 0.15) is 6.42 Å². The Morgan fingerprint density at radius 3 is 1.84 bits per heavy atom. The average molecular weight is 366 g/mol. The van der Waals surface area contributed by atoms with Gasteiger partial charge in [-0.2, -0.15) is 4.91 Å². The van der Waals surface area contributed by atoms with Crippen molar-refractivity contribution < 1.29 is 28.8 Å². The molecule has 0 saturated heterocycles. The number of aliphatic hydroxyl groups excluding tert-OH is 1. The largest absolute Gasteiger partial charge is 0.394 e. The number of aliphatic hydroxyl groups is 1. The second-order valence-corrected chi connectivity index (χ2v) is 5.21. The predicted molar refractivity (Wildman–Crippen MR) is 94.0 cm³/mol. The van der Waals surface area contributed by atoms with Crippen LogP contribution in [0.4, 0.5) is 0 Å². The highest BCUT2D eigenvalue weighted by Crippen LogP contribution is 1.94. The maximum atomic E-state index is 9.89. The Morgan fingerprint density at radius 1 is 0.760 bits per heavy atom. The lowest BCUT2D eigenvalue weighted by Crippen LogP contribution is -2.33. The molecule has 0 amide bonds. The summed E-state index contributed by atoms with van der Waals surface area (Å²) >= 11 is 0. The van der Waals surface area contributed by atoms with Crippen molar-refractivity contribution >= 4 is 0 Å². The fourth-order valence-electron chi connectivity index (χ4n) is 1.97. The van der Waals surface area contributed by atoms with Gasteiger partial charge in [0.15, 0.2) is 0 Å². The van der Waals surface area contributed by atoms with Gasteiger partial charge in [0.1, 0.15) is 6.54 Å². The van der Waals surface area contributed by atoms with E-state index in [1.54, 1.807) is 7.11 Å². The van der Waals surface area contributed by atoms with Crippen molar-refractivity contribution in [3.63, 3.8) is 0 Å². The molecule has 1 N–H and O–H groups in total. The second-order valence-electron chi connectivity index (χ2n) is 5.21. The molecule has 150 valence electrons. The van der Waals surface area contributed by atoms with Crippen molar-refractivity contribution in [3.8, 4) is 0 Å². The minimum atomic E-state index is 0.0340. The van der Waals surface area contributed by atoms with Gasteiger partial charge in [0.2, 0.25) is 0 Å². The molecule has 0 bridgehead atoms. The van der Waals surface area contributed by atoms with E-state index in [0.717, 1.165) is 32.7 Å². The molecular weight excluding hydrogens is 332 g/mol. The SMILES string of the molecule is COCCCN(CCOCCOCCO)CCOCCOCCN=O. The summed E-state index contributed by atoms with van der Waals surface area (Å²) in [6, 6.07) is 0. The molecule has 9 nitrogen and oxygen atoms in total. The number of hydrogen-bond donors (Lipinski definition) is 1. The Balaban J connectivity index is 3.65. The third-order valence-electron chi connectivity index (χ3n) is 3.23. The van der Waals surface area contributed by atoms with Gasteiger partial charge in [-0.15, -0.1) is 0 Å². The zero-order chi connectivity index (χ0) is 18.4. The quantitative estimate of drug-likeness (QED) is 0.226. The highest BCUT2D eigenvalue weighted by Gasteiger charge is 2.05. The van der Waals surface area contributed by atoms with E-state index < -0.39 is 0 Å². The molecule has 0 radical (unpaired) electrons. The van der Waals surface area contributed by atoms with Crippen molar-refractivity contribution in [3.05, 3.63) is 4.91 Å². The third kappa shape index (κ3) is 19.5. The molecule has 0 aromatic carbocycles. The van der Waals surface area contributed by atoms with Gasteiger partial charge >= 0.3 is 0 Å². The smallest absolute Gasteiger partial charge is 0.104 e. The van der Waals surface area contributed by atoms with Crippen molar-refractivity contribution in [2.75, 3.05) is 99.4 Å². The summed E-state index contributed by atoms with van der Waals surface area (Å²) in [5.74, 6) is 0. The average Bonchev–Trinajstić information content (AvgIpc) is 2.62. The summed E-state index contributed by atoms with van der Waals surface area (Å²) in [4.78, 5) is 12.2. The van der Waals surface area contributed by atoms with Crippen LogP contribution in [-0.2, 0) is 23.7 Å². The van der Waals surface area contributed by atoms with Gasteiger partial charge in [0, 0.05) is 33.4 Å². The molecule has 0 aromatic rings. The lowest BCUT2D eigenvalue weighted by atomic mass is 10.4. The van der Waals surface area contributed by atoms with Crippen LogP contribution in [0.3, 0.4) is 0 Å². The van der Waals surface area contributed by atoms with Crippen LogP contribution >= 0.6 is 0 Å². The minimum absolute atomic E-state index is 0.0340. The van der Waals surface area contributed by atoms with Crippen LogP contribution in [0.2, 0.25) is 0 Å². The fraction of sp³-hybridized carbons (Fsp3) is 1.00. The Morgan fingerprint density at radius 2 is 1.32 bits per heavy atom. The highest BCUT2D eigenvalue weighted by molar-refractivity contribution is 4.57. The highest BCUT2D eigenvalue weighted by atomic mass is 16.5. The van der Waals surface area contributed by atoms with Crippen molar-refractivity contribution in [1.82, 2.24) is 4.90 Å². The Bertz CT molecular complexity index is 273. The standard InChI is InChI=1S/C16H34N2O7/c1-21-8-2-4-18(6-11-24-15-16-25-12-7-19)5-10-23-14-13-22-9-3-17-20/h19H,2-16H2,1H3. The van der Waals surface area contributed by atoms with Crippen LogP contribution < -0.4 is 0 Å². The molecule has 0 fully saturated rings. The maximum Gasteiger partial charge on any atom is 0.104 e. The summed E-state index contributed by atoms with van der Waals surface area (Å²) in [7, 11) is 1.70. The summed E-state index contributed by atoms with van der Waals surface area (Å²) in [5, 5.41) is 11.3. The van der Waals surface area contributed by atoms with Crippen molar-refractivity contribution in [2.45, 2.75) is 6.42 Å². The van der Waals surface area contributed by atoms with Gasteiger partial charge in [-0.25, -0.2) is 0 Å². The summed E-state index contributed by atoms with van der Waals surface area (Å²) in [5.41, 5.74) is 0. The van der Waals surface area contributed by atoms with Crippen LogP contribution in [0, 0.1) is 4.91 Å². The van der Waals surface area contributed by atoms with Gasteiger partial charge in [0.25, 0.3) is 0 Å². The molecule has 9 heteroatoms. The molecule has 0 saturated carbocycles. The summed E-state index contributed by atoms with van der Waals surface area (Å²) in [6.45, 7) is 7.40. The first kappa shape index (κ1) is 24.3. The third-order valence-corrected chi connectivity index (χ3v) is 3.23. The Labute approximate surface area is 150 Å². The second kappa shape index (κ2) is 21.4. The van der Waals surface area contributed by atoms with E-state index in [-0.39, 0.29) is 13.2 Å². The molecule has 0 aromatic heterocycles. The Kier molecular flexibility index (Phi) is 20.8. The van der Waals surface area contributed by atoms with Gasteiger partial charge < -0.3 is 28.8 Å². The van der Waals surface area contributed by atoms with E-state index in [0.29, 0.717) is 52.9 Å². The normalized spacial score (nSPS) is 11.3.